The molecule has 2 heterocycles. The minimum Gasteiger partial charge on any atom is -0.493 e. The average molecular weight is 461 g/mol. The average Bonchev–Trinajstić information content (AvgIpc) is 2.59. The van der Waals surface area contributed by atoms with E-state index in [4.69, 9.17) is 14.2 Å². The maximum absolute atomic E-state index is 5.44. The Kier molecular flexibility index (Phi) is 6.79. The lowest BCUT2D eigenvalue weighted by Crippen LogP contribution is -2.52. The number of benzene rings is 1. The van der Waals surface area contributed by atoms with Gasteiger partial charge in [-0.25, -0.2) is 0 Å². The predicted molar refractivity (Wildman–Crippen MR) is 109 cm³/mol. The fourth-order valence-electron chi connectivity index (χ4n) is 3.24. The van der Waals surface area contributed by atoms with Gasteiger partial charge in [-0.05, 0) is 29.7 Å². The van der Waals surface area contributed by atoms with E-state index in [2.05, 4.69) is 34.3 Å². The van der Waals surface area contributed by atoms with E-state index < -0.39 is 0 Å². The van der Waals surface area contributed by atoms with Crippen LogP contribution in [0.2, 0.25) is 0 Å². The predicted octanol–water partition coefficient (Wildman–Crippen LogP) is 2.29. The van der Waals surface area contributed by atoms with Crippen molar-refractivity contribution in [3.05, 3.63) is 23.3 Å². The van der Waals surface area contributed by atoms with Gasteiger partial charge in [-0.1, -0.05) is 6.92 Å². The molecule has 0 bridgehead atoms. The molecule has 0 aliphatic carbocycles. The Labute approximate surface area is 166 Å². The van der Waals surface area contributed by atoms with Gasteiger partial charge in [0.25, 0.3) is 0 Å². The first-order valence-electron chi connectivity index (χ1n) is 8.35. The summed E-state index contributed by atoms with van der Waals surface area (Å²) in [4.78, 5) is 6.75. The minimum atomic E-state index is 0. The molecule has 0 aromatic heterocycles. The number of ether oxygens (including phenoxy) is 3. The van der Waals surface area contributed by atoms with Crippen LogP contribution in [-0.4, -0.2) is 58.4 Å². The monoisotopic (exact) mass is 461 g/mol. The summed E-state index contributed by atoms with van der Waals surface area (Å²) in [6.07, 6.45) is 0.969. The maximum atomic E-state index is 5.44. The summed E-state index contributed by atoms with van der Waals surface area (Å²) in [6, 6.07) is 4.17. The van der Waals surface area contributed by atoms with Crippen molar-refractivity contribution < 1.29 is 14.2 Å². The van der Waals surface area contributed by atoms with Gasteiger partial charge in [0.2, 0.25) is 0 Å². The van der Waals surface area contributed by atoms with Gasteiger partial charge in [-0.15, -0.1) is 24.0 Å². The van der Waals surface area contributed by atoms with E-state index in [0.717, 1.165) is 56.7 Å². The number of hydrogen-bond donors (Lipinski definition) is 1. The highest BCUT2D eigenvalue weighted by Gasteiger charge is 2.34. The molecule has 6 nitrogen and oxygen atoms in total. The SMILES string of the molecule is CN=C(NCC1(C)COC1)N1CCc2cc(OC)c(OC)cc2C1.I. The molecular weight excluding hydrogens is 433 g/mol. The number of fused-ring (bicyclic) bond motifs is 1. The molecule has 0 amide bonds. The van der Waals surface area contributed by atoms with Crippen molar-refractivity contribution in [2.75, 3.05) is 47.6 Å². The van der Waals surface area contributed by atoms with Gasteiger partial charge in [-0.2, -0.15) is 0 Å². The fraction of sp³-hybridized carbons (Fsp3) is 0.611. The van der Waals surface area contributed by atoms with Crippen molar-refractivity contribution in [1.82, 2.24) is 10.2 Å². The molecule has 0 spiro atoms. The van der Waals surface area contributed by atoms with Gasteiger partial charge in [0, 0.05) is 32.1 Å². The highest BCUT2D eigenvalue weighted by Crippen LogP contribution is 2.33. The van der Waals surface area contributed by atoms with Crippen LogP contribution in [0.5, 0.6) is 11.5 Å². The molecule has 3 rings (SSSR count). The van der Waals surface area contributed by atoms with Crippen LogP contribution in [0.4, 0.5) is 0 Å². The summed E-state index contributed by atoms with van der Waals surface area (Å²) >= 11 is 0. The van der Waals surface area contributed by atoms with Crippen LogP contribution in [-0.2, 0) is 17.7 Å². The van der Waals surface area contributed by atoms with Crippen LogP contribution in [0.1, 0.15) is 18.1 Å². The first-order chi connectivity index (χ1) is 11.6. The largest absolute Gasteiger partial charge is 0.493 e. The molecule has 0 radical (unpaired) electrons. The number of aliphatic imine (C=N–C) groups is 1. The van der Waals surface area contributed by atoms with Crippen molar-refractivity contribution in [1.29, 1.82) is 0 Å². The molecule has 1 aromatic carbocycles. The maximum Gasteiger partial charge on any atom is 0.193 e. The van der Waals surface area contributed by atoms with Gasteiger partial charge >= 0.3 is 0 Å². The van der Waals surface area contributed by atoms with Crippen LogP contribution in [0.3, 0.4) is 0 Å². The van der Waals surface area contributed by atoms with Crippen molar-refractivity contribution in [3.63, 3.8) is 0 Å². The van der Waals surface area contributed by atoms with Crippen molar-refractivity contribution >= 4 is 29.9 Å². The van der Waals surface area contributed by atoms with E-state index in [1.807, 2.05) is 7.05 Å². The summed E-state index contributed by atoms with van der Waals surface area (Å²) in [6.45, 7) is 6.51. The second-order valence-electron chi connectivity index (χ2n) is 6.85. The number of rotatable bonds is 4. The summed E-state index contributed by atoms with van der Waals surface area (Å²) in [5.74, 6) is 2.52. The Morgan fingerprint density at radius 2 is 1.88 bits per heavy atom. The molecule has 0 unspecified atom stereocenters. The number of methoxy groups -OCH3 is 2. The normalized spacial score (nSPS) is 18.6. The molecule has 2 aliphatic heterocycles. The van der Waals surface area contributed by atoms with E-state index in [0.29, 0.717) is 0 Å². The van der Waals surface area contributed by atoms with E-state index in [1.165, 1.54) is 11.1 Å². The Bertz CT molecular complexity index is 632. The van der Waals surface area contributed by atoms with Gasteiger partial charge in [0.05, 0.1) is 27.4 Å². The third-order valence-electron chi connectivity index (χ3n) is 4.80. The Hall–Kier alpha value is -1.22. The highest BCUT2D eigenvalue weighted by atomic mass is 127. The lowest BCUT2D eigenvalue weighted by molar-refractivity contribution is -0.0973. The van der Waals surface area contributed by atoms with Gasteiger partial charge in [0.1, 0.15) is 0 Å². The van der Waals surface area contributed by atoms with Crippen molar-refractivity contribution in [3.8, 4) is 11.5 Å². The molecule has 0 saturated carbocycles. The van der Waals surface area contributed by atoms with E-state index in [1.54, 1.807) is 14.2 Å². The number of halogens is 1. The number of nitrogens with zero attached hydrogens (tertiary/aromatic N) is 2. The molecule has 7 heteroatoms. The van der Waals surface area contributed by atoms with E-state index >= 15 is 0 Å². The first kappa shape index (κ1) is 20.1. The second kappa shape index (κ2) is 8.44. The molecule has 1 saturated heterocycles. The highest BCUT2D eigenvalue weighted by molar-refractivity contribution is 14.0. The summed E-state index contributed by atoms with van der Waals surface area (Å²) in [5, 5.41) is 3.50. The van der Waals surface area contributed by atoms with Gasteiger partial charge in [-0.3, -0.25) is 4.99 Å². The summed E-state index contributed by atoms with van der Waals surface area (Å²) in [7, 11) is 5.19. The van der Waals surface area contributed by atoms with Gasteiger partial charge < -0.3 is 24.4 Å². The third-order valence-corrected chi connectivity index (χ3v) is 4.80. The van der Waals surface area contributed by atoms with Crippen LogP contribution >= 0.6 is 24.0 Å². The van der Waals surface area contributed by atoms with E-state index in [-0.39, 0.29) is 29.4 Å². The zero-order valence-corrected chi connectivity index (χ0v) is 17.8. The third kappa shape index (κ3) is 4.31. The number of nitrogens with one attached hydrogen (secondary N) is 1. The molecule has 1 N–H and O–H groups in total. The topological polar surface area (TPSA) is 55.3 Å². The Morgan fingerprint density at radius 3 is 2.40 bits per heavy atom. The fourth-order valence-corrected chi connectivity index (χ4v) is 3.24. The Morgan fingerprint density at radius 1 is 1.24 bits per heavy atom. The van der Waals surface area contributed by atoms with Crippen molar-refractivity contribution in [2.45, 2.75) is 19.9 Å². The molecule has 25 heavy (non-hydrogen) atoms. The zero-order valence-electron chi connectivity index (χ0n) is 15.4. The lowest BCUT2D eigenvalue weighted by atomic mass is 9.89. The van der Waals surface area contributed by atoms with E-state index in [9.17, 15) is 0 Å². The second-order valence-corrected chi connectivity index (χ2v) is 6.85. The van der Waals surface area contributed by atoms with Crippen LogP contribution in [0.25, 0.3) is 0 Å². The first-order valence-corrected chi connectivity index (χ1v) is 8.35. The molecule has 1 aromatic rings. The Balaban J connectivity index is 0.00000225. The van der Waals surface area contributed by atoms with Crippen LogP contribution in [0, 0.1) is 5.41 Å². The van der Waals surface area contributed by atoms with Gasteiger partial charge in [0.15, 0.2) is 17.5 Å². The van der Waals surface area contributed by atoms with Crippen LogP contribution < -0.4 is 14.8 Å². The molecule has 140 valence electrons. The van der Waals surface area contributed by atoms with Crippen LogP contribution in [0.15, 0.2) is 17.1 Å². The van der Waals surface area contributed by atoms with Crippen molar-refractivity contribution in [2.24, 2.45) is 10.4 Å². The molecule has 0 atom stereocenters. The molecule has 1 fully saturated rings. The zero-order chi connectivity index (χ0) is 17.2. The minimum absolute atomic E-state index is 0. The lowest BCUT2D eigenvalue weighted by Gasteiger charge is -2.40. The smallest absolute Gasteiger partial charge is 0.193 e. The number of guanidine groups is 1. The summed E-state index contributed by atoms with van der Waals surface area (Å²) < 4.78 is 16.2. The molecule has 2 aliphatic rings. The number of hydrogen-bond acceptors (Lipinski definition) is 4. The summed E-state index contributed by atoms with van der Waals surface area (Å²) in [5.41, 5.74) is 2.80. The standard InChI is InChI=1S/C18H27N3O3.HI/c1-18(11-24-12-18)10-20-17(19-2)21-6-5-13-7-15(22-3)16(23-4)8-14(13)9-21;/h7-8H,5-6,9-12H2,1-4H3,(H,19,20);1H. The quantitative estimate of drug-likeness (QED) is 0.424. The molecular formula is C18H28IN3O3.